The maximum Gasteiger partial charge on any atom is 0.253 e. The Balaban J connectivity index is 1.93. The lowest BCUT2D eigenvalue weighted by Crippen LogP contribution is -2.36. The monoisotopic (exact) mass is 275 g/mol. The molecule has 0 atom stereocenters. The molecule has 1 aromatic rings. The van der Waals surface area contributed by atoms with Crippen molar-refractivity contribution in [2.75, 3.05) is 11.9 Å². The van der Waals surface area contributed by atoms with Gasteiger partial charge in [-0.15, -0.1) is 0 Å². The molecule has 1 amide bonds. The van der Waals surface area contributed by atoms with Crippen LogP contribution in [0.3, 0.4) is 0 Å². The quantitative estimate of drug-likeness (QED) is 0.867. The van der Waals surface area contributed by atoms with Crippen LogP contribution in [0.25, 0.3) is 0 Å². The van der Waals surface area contributed by atoms with Crippen LogP contribution in [0.2, 0.25) is 0 Å². The van der Waals surface area contributed by atoms with Gasteiger partial charge in [-0.25, -0.2) is 0 Å². The number of hydrogen-bond donors (Lipinski definition) is 2. The SMILES string of the molecule is CC(C)CNc1cncc(C(=O)NC2CCCCC2)c1. The van der Waals surface area contributed by atoms with Crippen LogP contribution in [0.5, 0.6) is 0 Å². The summed E-state index contributed by atoms with van der Waals surface area (Å²) in [6.07, 6.45) is 9.34. The van der Waals surface area contributed by atoms with Crippen molar-refractivity contribution in [1.82, 2.24) is 10.3 Å². The number of nitrogens with one attached hydrogen (secondary N) is 2. The number of pyridine rings is 1. The smallest absolute Gasteiger partial charge is 0.253 e. The minimum atomic E-state index is -0.00223. The highest BCUT2D eigenvalue weighted by molar-refractivity contribution is 5.94. The fourth-order valence-electron chi connectivity index (χ4n) is 2.50. The number of hydrogen-bond acceptors (Lipinski definition) is 3. The number of nitrogens with zero attached hydrogens (tertiary/aromatic N) is 1. The minimum Gasteiger partial charge on any atom is -0.384 e. The maximum atomic E-state index is 12.2. The lowest BCUT2D eigenvalue weighted by molar-refractivity contribution is 0.0927. The predicted octanol–water partition coefficient (Wildman–Crippen LogP) is 3.21. The first kappa shape index (κ1) is 14.8. The zero-order valence-corrected chi connectivity index (χ0v) is 12.5. The van der Waals surface area contributed by atoms with Gasteiger partial charge in [-0.2, -0.15) is 0 Å². The summed E-state index contributed by atoms with van der Waals surface area (Å²) < 4.78 is 0. The first-order chi connectivity index (χ1) is 9.65. The molecule has 1 aliphatic rings. The Labute approximate surface area is 121 Å². The van der Waals surface area contributed by atoms with Crippen molar-refractivity contribution < 1.29 is 4.79 Å². The molecule has 0 radical (unpaired) electrons. The molecule has 2 rings (SSSR count). The van der Waals surface area contributed by atoms with Crippen LogP contribution in [-0.4, -0.2) is 23.5 Å². The molecule has 20 heavy (non-hydrogen) atoms. The van der Waals surface area contributed by atoms with Gasteiger partial charge in [0.1, 0.15) is 0 Å². The lowest BCUT2D eigenvalue weighted by Gasteiger charge is -2.22. The Morgan fingerprint density at radius 1 is 1.30 bits per heavy atom. The molecule has 0 saturated heterocycles. The second-order valence-electron chi connectivity index (χ2n) is 6.05. The van der Waals surface area contributed by atoms with Crippen molar-refractivity contribution in [1.29, 1.82) is 0 Å². The van der Waals surface area contributed by atoms with E-state index >= 15 is 0 Å². The number of anilines is 1. The fourth-order valence-corrected chi connectivity index (χ4v) is 2.50. The first-order valence-corrected chi connectivity index (χ1v) is 7.65. The Bertz CT molecular complexity index is 439. The third-order valence-corrected chi connectivity index (χ3v) is 3.66. The van der Waals surface area contributed by atoms with E-state index in [0.29, 0.717) is 17.5 Å². The summed E-state index contributed by atoms with van der Waals surface area (Å²) in [7, 11) is 0. The van der Waals surface area contributed by atoms with E-state index in [1.165, 1.54) is 19.3 Å². The Morgan fingerprint density at radius 2 is 2.05 bits per heavy atom. The number of aromatic nitrogens is 1. The van der Waals surface area contributed by atoms with E-state index in [2.05, 4.69) is 29.5 Å². The molecule has 0 aliphatic heterocycles. The van der Waals surface area contributed by atoms with Gasteiger partial charge in [0.05, 0.1) is 11.3 Å². The maximum absolute atomic E-state index is 12.2. The number of carbonyl (C=O) groups excluding carboxylic acids is 1. The summed E-state index contributed by atoms with van der Waals surface area (Å²) in [6, 6.07) is 2.22. The molecule has 1 saturated carbocycles. The molecule has 0 aromatic carbocycles. The molecule has 4 heteroatoms. The molecular formula is C16H25N3O. The molecule has 1 aliphatic carbocycles. The van der Waals surface area contributed by atoms with Gasteiger partial charge in [0.15, 0.2) is 0 Å². The van der Waals surface area contributed by atoms with E-state index in [1.54, 1.807) is 12.4 Å². The van der Waals surface area contributed by atoms with Crippen LogP contribution in [-0.2, 0) is 0 Å². The highest BCUT2D eigenvalue weighted by Gasteiger charge is 2.16. The molecule has 4 nitrogen and oxygen atoms in total. The van der Waals surface area contributed by atoms with Crippen molar-refractivity contribution in [2.45, 2.75) is 52.0 Å². The van der Waals surface area contributed by atoms with Gasteiger partial charge in [0.25, 0.3) is 5.91 Å². The van der Waals surface area contributed by atoms with Gasteiger partial charge in [-0.05, 0) is 24.8 Å². The van der Waals surface area contributed by atoms with Gasteiger partial charge in [0, 0.05) is 25.0 Å². The third kappa shape index (κ3) is 4.51. The average molecular weight is 275 g/mol. The van der Waals surface area contributed by atoms with Gasteiger partial charge in [-0.1, -0.05) is 33.1 Å². The van der Waals surface area contributed by atoms with E-state index < -0.39 is 0 Å². The van der Waals surface area contributed by atoms with E-state index in [9.17, 15) is 4.79 Å². The summed E-state index contributed by atoms with van der Waals surface area (Å²) in [5.74, 6) is 0.562. The molecular weight excluding hydrogens is 250 g/mol. The number of rotatable bonds is 5. The normalized spacial score (nSPS) is 16.1. The minimum absolute atomic E-state index is 0.00223. The zero-order valence-electron chi connectivity index (χ0n) is 12.5. The molecule has 2 N–H and O–H groups in total. The predicted molar refractivity (Wildman–Crippen MR) is 81.9 cm³/mol. The second kappa shape index (κ2) is 7.27. The van der Waals surface area contributed by atoms with E-state index in [4.69, 9.17) is 0 Å². The van der Waals surface area contributed by atoms with E-state index in [-0.39, 0.29) is 5.91 Å². The van der Waals surface area contributed by atoms with Gasteiger partial charge < -0.3 is 10.6 Å². The second-order valence-corrected chi connectivity index (χ2v) is 6.05. The molecule has 110 valence electrons. The lowest BCUT2D eigenvalue weighted by atomic mass is 9.95. The van der Waals surface area contributed by atoms with Crippen molar-refractivity contribution in [2.24, 2.45) is 5.92 Å². The topological polar surface area (TPSA) is 54.0 Å². The largest absolute Gasteiger partial charge is 0.384 e. The molecule has 0 spiro atoms. The zero-order chi connectivity index (χ0) is 14.4. The third-order valence-electron chi connectivity index (χ3n) is 3.66. The van der Waals surface area contributed by atoms with Crippen molar-refractivity contribution in [3.63, 3.8) is 0 Å². The van der Waals surface area contributed by atoms with Crippen LogP contribution < -0.4 is 10.6 Å². The van der Waals surface area contributed by atoms with E-state index in [1.807, 2.05) is 6.07 Å². The molecule has 1 heterocycles. The van der Waals surface area contributed by atoms with Crippen LogP contribution in [0.4, 0.5) is 5.69 Å². The Hall–Kier alpha value is -1.58. The number of carbonyl (C=O) groups is 1. The van der Waals surface area contributed by atoms with Crippen molar-refractivity contribution in [3.8, 4) is 0 Å². The van der Waals surface area contributed by atoms with Crippen LogP contribution >= 0.6 is 0 Å². The molecule has 1 aromatic heterocycles. The van der Waals surface area contributed by atoms with Gasteiger partial charge in [-0.3, -0.25) is 9.78 Å². The number of amides is 1. The standard InChI is InChI=1S/C16H25N3O/c1-12(2)9-18-15-8-13(10-17-11-15)16(20)19-14-6-4-3-5-7-14/h8,10-12,14,18H,3-7,9H2,1-2H3,(H,19,20). The Kier molecular flexibility index (Phi) is 5.39. The highest BCUT2D eigenvalue weighted by atomic mass is 16.1. The molecule has 1 fully saturated rings. The summed E-state index contributed by atoms with van der Waals surface area (Å²) >= 11 is 0. The van der Waals surface area contributed by atoms with Crippen LogP contribution in [0.15, 0.2) is 18.5 Å². The summed E-state index contributed by atoms with van der Waals surface area (Å²) in [4.78, 5) is 16.4. The fraction of sp³-hybridized carbons (Fsp3) is 0.625. The van der Waals surface area contributed by atoms with Gasteiger partial charge >= 0.3 is 0 Å². The van der Waals surface area contributed by atoms with Crippen LogP contribution in [0.1, 0.15) is 56.3 Å². The van der Waals surface area contributed by atoms with E-state index in [0.717, 1.165) is 25.1 Å². The van der Waals surface area contributed by atoms with Crippen molar-refractivity contribution >= 4 is 11.6 Å². The summed E-state index contributed by atoms with van der Waals surface area (Å²) in [6.45, 7) is 5.19. The average Bonchev–Trinajstić information content (AvgIpc) is 2.46. The molecule has 0 unspecified atom stereocenters. The highest BCUT2D eigenvalue weighted by Crippen LogP contribution is 2.18. The molecule has 0 bridgehead atoms. The van der Waals surface area contributed by atoms with Crippen molar-refractivity contribution in [3.05, 3.63) is 24.0 Å². The first-order valence-electron chi connectivity index (χ1n) is 7.65. The van der Waals surface area contributed by atoms with Crippen LogP contribution in [0, 0.1) is 5.92 Å². The summed E-state index contributed by atoms with van der Waals surface area (Å²) in [5.41, 5.74) is 1.55. The summed E-state index contributed by atoms with van der Waals surface area (Å²) in [5, 5.41) is 6.42. The Morgan fingerprint density at radius 3 is 2.75 bits per heavy atom. The van der Waals surface area contributed by atoms with Gasteiger partial charge in [0.2, 0.25) is 0 Å².